The number of hydrogen-bond acceptors (Lipinski definition) is 9. The van der Waals surface area contributed by atoms with Crippen LogP contribution in [0.5, 0.6) is 5.75 Å². The SMILES string of the molecule is CNc1cnc2ccc(-c3cnc(COCC4CC4)nc3)c(OCCCNC(=O)[C@@H]3CCCCN3C)c2n1. The zero-order valence-electron chi connectivity index (χ0n) is 22.3. The fourth-order valence-corrected chi connectivity index (χ4v) is 4.70. The fourth-order valence-electron chi connectivity index (χ4n) is 4.70. The molecule has 0 radical (unpaired) electrons. The summed E-state index contributed by atoms with van der Waals surface area (Å²) < 4.78 is 12.0. The Kier molecular flexibility index (Phi) is 8.60. The topological polar surface area (TPSA) is 114 Å². The van der Waals surface area contributed by atoms with Crippen LogP contribution in [0.4, 0.5) is 5.82 Å². The Morgan fingerprint density at radius 3 is 2.71 bits per heavy atom. The Morgan fingerprint density at radius 2 is 1.95 bits per heavy atom. The van der Waals surface area contributed by atoms with E-state index in [9.17, 15) is 4.79 Å². The van der Waals surface area contributed by atoms with Gasteiger partial charge in [0.15, 0.2) is 11.6 Å². The molecular formula is C28H37N7O3. The van der Waals surface area contributed by atoms with Crippen molar-refractivity contribution in [3.05, 3.63) is 36.5 Å². The van der Waals surface area contributed by atoms with Crippen LogP contribution in [0.15, 0.2) is 30.7 Å². The van der Waals surface area contributed by atoms with Crippen molar-refractivity contribution in [3.8, 4) is 16.9 Å². The molecule has 1 aromatic carbocycles. The predicted octanol–water partition coefficient (Wildman–Crippen LogP) is 3.42. The molecule has 1 saturated heterocycles. The molecule has 0 unspecified atom stereocenters. The van der Waals surface area contributed by atoms with Crippen molar-refractivity contribution in [3.63, 3.8) is 0 Å². The molecular weight excluding hydrogens is 482 g/mol. The van der Waals surface area contributed by atoms with Gasteiger partial charge in [-0.2, -0.15) is 0 Å². The van der Waals surface area contributed by atoms with Gasteiger partial charge in [0.05, 0.1) is 24.4 Å². The highest BCUT2D eigenvalue weighted by atomic mass is 16.5. The van der Waals surface area contributed by atoms with Gasteiger partial charge in [0, 0.05) is 43.7 Å². The van der Waals surface area contributed by atoms with Crippen LogP contribution in [0.2, 0.25) is 0 Å². The van der Waals surface area contributed by atoms with E-state index in [4.69, 9.17) is 14.5 Å². The van der Waals surface area contributed by atoms with E-state index in [1.165, 1.54) is 12.8 Å². The molecule has 1 atom stereocenters. The molecule has 1 aliphatic carbocycles. The van der Waals surface area contributed by atoms with Crippen LogP contribution < -0.4 is 15.4 Å². The summed E-state index contributed by atoms with van der Waals surface area (Å²) in [6, 6.07) is 3.86. The van der Waals surface area contributed by atoms with Crippen molar-refractivity contribution in [1.29, 1.82) is 0 Å². The Bertz CT molecular complexity index is 1230. The van der Waals surface area contributed by atoms with Crippen LogP contribution in [0.25, 0.3) is 22.2 Å². The molecule has 2 fully saturated rings. The third-order valence-corrected chi connectivity index (χ3v) is 7.16. The molecule has 0 spiro atoms. The number of ether oxygens (including phenoxy) is 2. The van der Waals surface area contributed by atoms with Crippen LogP contribution in [-0.4, -0.2) is 77.2 Å². The van der Waals surface area contributed by atoms with Crippen molar-refractivity contribution in [2.75, 3.05) is 45.7 Å². The second kappa shape index (κ2) is 12.4. The number of likely N-dealkylation sites (tertiary alicyclic amines) is 1. The number of nitrogens with one attached hydrogen (secondary N) is 2. The van der Waals surface area contributed by atoms with E-state index in [-0.39, 0.29) is 11.9 Å². The zero-order chi connectivity index (χ0) is 26.3. The summed E-state index contributed by atoms with van der Waals surface area (Å²) in [5, 5.41) is 6.12. The maximum Gasteiger partial charge on any atom is 0.237 e. The molecule has 2 aliphatic rings. The Balaban J connectivity index is 1.26. The van der Waals surface area contributed by atoms with Gasteiger partial charge in [0.2, 0.25) is 5.91 Å². The van der Waals surface area contributed by atoms with Crippen LogP contribution in [-0.2, 0) is 16.1 Å². The van der Waals surface area contributed by atoms with Gasteiger partial charge in [-0.05, 0) is 63.7 Å². The highest BCUT2D eigenvalue weighted by molar-refractivity contribution is 5.90. The fraction of sp³-hybridized carbons (Fsp3) is 0.536. The summed E-state index contributed by atoms with van der Waals surface area (Å²) >= 11 is 0. The number of carbonyl (C=O) groups excluding carboxylic acids is 1. The number of benzene rings is 1. The lowest BCUT2D eigenvalue weighted by Gasteiger charge is -2.31. The Morgan fingerprint density at radius 1 is 1.11 bits per heavy atom. The molecule has 3 aromatic rings. The number of nitrogens with zero attached hydrogens (tertiary/aromatic N) is 5. The molecule has 3 heterocycles. The first-order valence-corrected chi connectivity index (χ1v) is 13.6. The molecule has 1 amide bonds. The Labute approximate surface area is 223 Å². The maximum absolute atomic E-state index is 12.6. The number of likely N-dealkylation sites (N-methyl/N-ethyl adjacent to an activating group) is 1. The van der Waals surface area contributed by atoms with Gasteiger partial charge in [-0.3, -0.25) is 14.7 Å². The van der Waals surface area contributed by atoms with Crippen molar-refractivity contribution in [2.45, 2.75) is 51.2 Å². The van der Waals surface area contributed by atoms with Gasteiger partial charge in [0.25, 0.3) is 0 Å². The monoisotopic (exact) mass is 519 g/mol. The lowest BCUT2D eigenvalue weighted by Crippen LogP contribution is -2.47. The van der Waals surface area contributed by atoms with Gasteiger partial charge in [-0.1, -0.05) is 6.42 Å². The standard InChI is InChI=1S/C28H37N7O3/c1-29-24-16-31-22-10-9-21(20-14-32-25(33-15-20)18-37-17-19-7-8-19)27(26(22)34-24)38-13-5-11-30-28(36)23-6-3-4-12-35(23)2/h9-10,14-16,19,23H,3-8,11-13,17-18H2,1-2H3,(H,29,34)(H,30,36)/t23-/m0/s1. The molecule has 1 saturated carbocycles. The summed E-state index contributed by atoms with van der Waals surface area (Å²) in [5.41, 5.74) is 3.08. The van der Waals surface area contributed by atoms with Gasteiger partial charge in [-0.25, -0.2) is 15.0 Å². The summed E-state index contributed by atoms with van der Waals surface area (Å²) in [5.74, 6) is 2.75. The molecule has 10 nitrogen and oxygen atoms in total. The third kappa shape index (κ3) is 6.54. The van der Waals surface area contributed by atoms with E-state index >= 15 is 0 Å². The number of amides is 1. The molecule has 2 aromatic heterocycles. The minimum Gasteiger partial charge on any atom is -0.491 e. The molecule has 1 aliphatic heterocycles. The van der Waals surface area contributed by atoms with E-state index in [2.05, 4.69) is 30.5 Å². The normalized spacial score (nSPS) is 17.9. The quantitative estimate of drug-likeness (QED) is 0.347. The summed E-state index contributed by atoms with van der Waals surface area (Å²) in [4.78, 5) is 33.0. The highest BCUT2D eigenvalue weighted by Crippen LogP contribution is 2.35. The van der Waals surface area contributed by atoms with E-state index in [0.29, 0.717) is 55.0 Å². The van der Waals surface area contributed by atoms with Gasteiger partial charge >= 0.3 is 0 Å². The second-order valence-electron chi connectivity index (χ2n) is 10.1. The lowest BCUT2D eigenvalue weighted by atomic mass is 10.0. The van der Waals surface area contributed by atoms with Gasteiger partial charge in [0.1, 0.15) is 17.9 Å². The number of anilines is 1. The van der Waals surface area contributed by atoms with Crippen molar-refractivity contribution < 1.29 is 14.3 Å². The number of aromatic nitrogens is 4. The van der Waals surface area contributed by atoms with Crippen LogP contribution >= 0.6 is 0 Å². The van der Waals surface area contributed by atoms with Crippen LogP contribution in [0.3, 0.4) is 0 Å². The van der Waals surface area contributed by atoms with Crippen LogP contribution in [0.1, 0.15) is 44.3 Å². The predicted molar refractivity (Wildman–Crippen MR) is 146 cm³/mol. The van der Waals surface area contributed by atoms with Crippen LogP contribution in [0, 0.1) is 5.92 Å². The maximum atomic E-state index is 12.6. The average molecular weight is 520 g/mol. The molecule has 5 rings (SSSR count). The summed E-state index contributed by atoms with van der Waals surface area (Å²) in [6.07, 6.45) is 11.6. The number of piperidine rings is 1. The highest BCUT2D eigenvalue weighted by Gasteiger charge is 2.25. The number of carbonyl (C=O) groups is 1. The molecule has 2 N–H and O–H groups in total. The average Bonchev–Trinajstić information content (AvgIpc) is 3.77. The van der Waals surface area contributed by atoms with Crippen molar-refractivity contribution >= 4 is 22.8 Å². The minimum absolute atomic E-state index is 0.0355. The second-order valence-corrected chi connectivity index (χ2v) is 10.1. The molecule has 202 valence electrons. The van der Waals surface area contributed by atoms with Gasteiger partial charge in [-0.15, -0.1) is 0 Å². The summed E-state index contributed by atoms with van der Waals surface area (Å²) in [6.45, 7) is 3.13. The van der Waals surface area contributed by atoms with E-state index in [0.717, 1.165) is 49.1 Å². The van der Waals surface area contributed by atoms with Gasteiger partial charge < -0.3 is 20.1 Å². The smallest absolute Gasteiger partial charge is 0.237 e. The zero-order valence-corrected chi connectivity index (χ0v) is 22.3. The summed E-state index contributed by atoms with van der Waals surface area (Å²) in [7, 11) is 3.83. The Hall–Kier alpha value is -3.37. The van der Waals surface area contributed by atoms with E-state index in [1.54, 1.807) is 18.6 Å². The minimum atomic E-state index is -0.0355. The van der Waals surface area contributed by atoms with E-state index in [1.807, 2.05) is 26.2 Å². The third-order valence-electron chi connectivity index (χ3n) is 7.16. The van der Waals surface area contributed by atoms with Crippen molar-refractivity contribution in [2.24, 2.45) is 5.92 Å². The molecule has 0 bridgehead atoms. The number of hydrogen-bond donors (Lipinski definition) is 2. The molecule has 10 heteroatoms. The van der Waals surface area contributed by atoms with Crippen molar-refractivity contribution in [1.82, 2.24) is 30.2 Å². The lowest BCUT2D eigenvalue weighted by molar-refractivity contribution is -0.127. The first-order valence-electron chi connectivity index (χ1n) is 13.6. The first kappa shape index (κ1) is 26.2. The largest absolute Gasteiger partial charge is 0.491 e. The number of rotatable bonds is 12. The van der Waals surface area contributed by atoms with E-state index < -0.39 is 0 Å². The first-order chi connectivity index (χ1) is 18.6. The number of fused-ring (bicyclic) bond motifs is 1. The molecule has 38 heavy (non-hydrogen) atoms.